The summed E-state index contributed by atoms with van der Waals surface area (Å²) in [5, 5.41) is 0. The Balaban J connectivity index is 1.99. The molecule has 0 N–H and O–H groups in total. The maximum atomic E-state index is 13.2. The van der Waals surface area contributed by atoms with E-state index < -0.39 is 22.0 Å². The van der Waals surface area contributed by atoms with Gasteiger partial charge in [-0.25, -0.2) is 0 Å². The lowest BCUT2D eigenvalue weighted by Gasteiger charge is -2.23. The largest absolute Gasteiger partial charge is 0.492 e. The number of benzene rings is 3. The van der Waals surface area contributed by atoms with Crippen LogP contribution in [0.3, 0.4) is 0 Å². The zero-order valence-electron chi connectivity index (χ0n) is 24.4. The summed E-state index contributed by atoms with van der Waals surface area (Å²) in [6, 6.07) is 17.6. The molecule has 0 heterocycles. The Kier molecular flexibility index (Phi) is 10.9. The number of hydrogen-bond donors (Lipinski definition) is 0. The number of methoxy groups -OCH3 is 1. The molecule has 0 saturated carbocycles. The molecule has 0 aliphatic rings. The maximum Gasteiger partial charge on any atom is 0.339 e. The monoisotopic (exact) mass is 582 g/mol. The summed E-state index contributed by atoms with van der Waals surface area (Å²) in [5.74, 6) is -1.06. The van der Waals surface area contributed by atoms with Crippen molar-refractivity contribution in [1.82, 2.24) is 0 Å². The summed E-state index contributed by atoms with van der Waals surface area (Å²) < 4.78 is 49.0. The SMILES string of the molecule is CCOC(=O)C(C)C(=O)CCC(C)c1cc(OS(=O)(=O)c2ccc(C)cc2)c(C)c(OC)c1OCc1ccccc1. The minimum atomic E-state index is -4.14. The van der Waals surface area contributed by atoms with Crippen molar-refractivity contribution in [1.29, 1.82) is 0 Å². The fourth-order valence-corrected chi connectivity index (χ4v) is 5.28. The van der Waals surface area contributed by atoms with Crippen LogP contribution >= 0.6 is 0 Å². The lowest BCUT2D eigenvalue weighted by molar-refractivity contribution is -0.150. The minimum Gasteiger partial charge on any atom is -0.492 e. The van der Waals surface area contributed by atoms with Gasteiger partial charge >= 0.3 is 16.1 Å². The topological polar surface area (TPSA) is 105 Å². The quantitative estimate of drug-likeness (QED) is 0.124. The van der Waals surface area contributed by atoms with Gasteiger partial charge in [-0.1, -0.05) is 55.0 Å². The normalized spacial score (nSPS) is 12.7. The van der Waals surface area contributed by atoms with E-state index in [2.05, 4.69) is 0 Å². The third kappa shape index (κ3) is 8.10. The number of esters is 1. The molecule has 0 aliphatic heterocycles. The molecule has 9 heteroatoms. The first-order valence-corrected chi connectivity index (χ1v) is 15.0. The number of ketones is 1. The molecule has 0 amide bonds. The molecule has 2 atom stereocenters. The molecule has 0 spiro atoms. The fourth-order valence-electron chi connectivity index (χ4n) is 4.31. The lowest BCUT2D eigenvalue weighted by atomic mass is 9.90. The van der Waals surface area contributed by atoms with Crippen LogP contribution < -0.4 is 13.7 Å². The van der Waals surface area contributed by atoms with E-state index in [1.54, 1.807) is 32.0 Å². The molecular formula is C32H38O8S. The predicted octanol–water partition coefficient (Wildman–Crippen LogP) is 6.31. The molecular weight excluding hydrogens is 544 g/mol. The average Bonchev–Trinajstić information content (AvgIpc) is 2.96. The van der Waals surface area contributed by atoms with Crippen LogP contribution in [0.25, 0.3) is 0 Å². The molecule has 0 bridgehead atoms. The number of carbonyl (C=O) groups is 2. The highest BCUT2D eigenvalue weighted by molar-refractivity contribution is 7.87. The molecule has 8 nitrogen and oxygen atoms in total. The van der Waals surface area contributed by atoms with E-state index in [9.17, 15) is 18.0 Å². The summed E-state index contributed by atoms with van der Waals surface area (Å²) in [6.07, 6.45) is 0.494. The first kappa shape index (κ1) is 31.7. The van der Waals surface area contributed by atoms with Gasteiger partial charge in [0.1, 0.15) is 29.0 Å². The van der Waals surface area contributed by atoms with Crippen molar-refractivity contribution in [3.05, 3.63) is 82.9 Å². The van der Waals surface area contributed by atoms with Crippen LogP contribution in [0.4, 0.5) is 0 Å². The van der Waals surface area contributed by atoms with Gasteiger partial charge in [-0.3, -0.25) is 9.59 Å². The molecule has 41 heavy (non-hydrogen) atoms. The van der Waals surface area contributed by atoms with Gasteiger partial charge in [0.25, 0.3) is 0 Å². The summed E-state index contributed by atoms with van der Waals surface area (Å²) in [7, 11) is -2.66. The van der Waals surface area contributed by atoms with Crippen molar-refractivity contribution in [3.63, 3.8) is 0 Å². The van der Waals surface area contributed by atoms with Crippen molar-refractivity contribution in [2.45, 2.75) is 64.9 Å². The number of carbonyl (C=O) groups excluding carboxylic acids is 2. The van der Waals surface area contributed by atoms with Gasteiger partial charge in [-0.15, -0.1) is 0 Å². The Morgan fingerprint density at radius 3 is 2.20 bits per heavy atom. The van der Waals surface area contributed by atoms with E-state index in [4.69, 9.17) is 18.4 Å². The smallest absolute Gasteiger partial charge is 0.339 e. The molecule has 0 aliphatic carbocycles. The highest BCUT2D eigenvalue weighted by atomic mass is 32.2. The predicted molar refractivity (Wildman–Crippen MR) is 156 cm³/mol. The van der Waals surface area contributed by atoms with E-state index >= 15 is 0 Å². The lowest BCUT2D eigenvalue weighted by Crippen LogP contribution is -2.23. The summed E-state index contributed by atoms with van der Waals surface area (Å²) in [6.45, 7) is 9.15. The van der Waals surface area contributed by atoms with Gasteiger partial charge in [0.15, 0.2) is 11.5 Å². The molecule has 3 aromatic carbocycles. The van der Waals surface area contributed by atoms with E-state index in [0.717, 1.165) is 11.1 Å². The minimum absolute atomic E-state index is 0.0269. The van der Waals surface area contributed by atoms with Crippen LogP contribution in [0.2, 0.25) is 0 Å². The zero-order chi connectivity index (χ0) is 30.2. The van der Waals surface area contributed by atoms with Crippen LogP contribution in [0.1, 0.15) is 61.8 Å². The maximum absolute atomic E-state index is 13.2. The van der Waals surface area contributed by atoms with Crippen LogP contribution in [-0.2, 0) is 31.1 Å². The molecule has 0 radical (unpaired) electrons. The Bertz CT molecular complexity index is 1450. The number of hydrogen-bond acceptors (Lipinski definition) is 8. The van der Waals surface area contributed by atoms with Gasteiger partial charge in [-0.05, 0) is 63.8 Å². The molecule has 2 unspecified atom stereocenters. The molecule has 3 rings (SSSR count). The Morgan fingerprint density at radius 1 is 0.927 bits per heavy atom. The molecule has 0 fully saturated rings. The summed E-state index contributed by atoms with van der Waals surface area (Å²) >= 11 is 0. The Hall–Kier alpha value is -3.85. The van der Waals surface area contributed by atoms with Gasteiger partial charge in [-0.2, -0.15) is 8.42 Å². The third-order valence-corrected chi connectivity index (χ3v) is 8.13. The number of ether oxygens (including phenoxy) is 3. The van der Waals surface area contributed by atoms with Crippen LogP contribution in [0, 0.1) is 19.8 Å². The van der Waals surface area contributed by atoms with Crippen molar-refractivity contribution in [2.24, 2.45) is 5.92 Å². The van der Waals surface area contributed by atoms with Gasteiger partial charge in [0.2, 0.25) is 0 Å². The van der Waals surface area contributed by atoms with Crippen molar-refractivity contribution < 1.29 is 36.4 Å². The van der Waals surface area contributed by atoms with E-state index in [1.807, 2.05) is 44.2 Å². The molecule has 220 valence electrons. The second-order valence-electron chi connectivity index (χ2n) is 9.96. The average molecular weight is 583 g/mol. The van der Waals surface area contributed by atoms with E-state index in [1.165, 1.54) is 26.2 Å². The first-order chi connectivity index (χ1) is 19.5. The first-order valence-electron chi connectivity index (χ1n) is 13.6. The highest BCUT2D eigenvalue weighted by Gasteiger charge is 2.28. The molecule has 0 aromatic heterocycles. The third-order valence-electron chi connectivity index (χ3n) is 6.88. The van der Waals surface area contributed by atoms with Crippen LogP contribution in [0.15, 0.2) is 65.6 Å². The highest BCUT2D eigenvalue weighted by Crippen LogP contribution is 2.45. The standard InChI is InChI=1S/C32H38O8S/c1-7-38-32(34)23(4)28(33)18-15-22(3)27-19-29(40-41(35,36)26-16-13-21(2)14-17-26)24(5)30(37-6)31(27)39-20-25-11-9-8-10-12-25/h8-14,16-17,19,22-23H,7,15,18,20H2,1-6H3. The van der Waals surface area contributed by atoms with Crippen molar-refractivity contribution >= 4 is 21.9 Å². The molecule has 3 aromatic rings. The second-order valence-corrected chi connectivity index (χ2v) is 11.5. The van der Waals surface area contributed by atoms with Gasteiger partial charge in [0, 0.05) is 17.5 Å². The van der Waals surface area contributed by atoms with Crippen LogP contribution in [0.5, 0.6) is 17.2 Å². The second kappa shape index (κ2) is 14.2. The number of aryl methyl sites for hydroxylation is 1. The van der Waals surface area contributed by atoms with Gasteiger partial charge < -0.3 is 18.4 Å². The summed E-state index contributed by atoms with van der Waals surface area (Å²) in [5.41, 5.74) is 2.93. The van der Waals surface area contributed by atoms with Crippen LogP contribution in [-0.4, -0.2) is 33.9 Å². The molecule has 0 saturated heterocycles. The zero-order valence-corrected chi connectivity index (χ0v) is 25.2. The Morgan fingerprint density at radius 2 is 1.59 bits per heavy atom. The summed E-state index contributed by atoms with van der Waals surface area (Å²) in [4.78, 5) is 24.8. The Labute approximate surface area is 242 Å². The van der Waals surface area contributed by atoms with E-state index in [0.29, 0.717) is 29.0 Å². The van der Waals surface area contributed by atoms with Crippen molar-refractivity contribution in [3.8, 4) is 17.2 Å². The van der Waals surface area contributed by atoms with E-state index in [-0.39, 0.29) is 42.0 Å². The van der Waals surface area contributed by atoms with Gasteiger partial charge in [0.05, 0.1) is 13.7 Å². The number of rotatable bonds is 14. The fraction of sp³-hybridized carbons (Fsp3) is 0.375. The van der Waals surface area contributed by atoms with Crippen molar-refractivity contribution in [2.75, 3.05) is 13.7 Å². The number of Topliss-reactive ketones (excluding diaryl/α,β-unsaturated/α-hetero) is 1.